The predicted molar refractivity (Wildman–Crippen MR) is 60.1 cm³/mol. The molecular formula is C12H16OS. The van der Waals surface area contributed by atoms with Crippen LogP contribution in [0.4, 0.5) is 0 Å². The number of thiophene rings is 1. The molecule has 0 N–H and O–H groups in total. The quantitative estimate of drug-likeness (QED) is 0.680. The van der Waals surface area contributed by atoms with E-state index >= 15 is 0 Å². The normalized spacial score (nSPS) is 20.6. The van der Waals surface area contributed by atoms with Crippen molar-refractivity contribution < 1.29 is 4.79 Å². The van der Waals surface area contributed by atoms with Gasteiger partial charge in [0.1, 0.15) is 0 Å². The molecule has 0 bridgehead atoms. The van der Waals surface area contributed by atoms with Gasteiger partial charge in [-0.2, -0.15) is 0 Å². The molecule has 14 heavy (non-hydrogen) atoms. The van der Waals surface area contributed by atoms with Crippen molar-refractivity contribution in [2.45, 2.75) is 39.5 Å². The standard InChI is InChI=1S/C12H16OS/c1-3-9-4-5-11-10(6-9)7-14-12(11)8(2)13/h7,9H,3-6H2,1-2H3. The lowest BCUT2D eigenvalue weighted by Gasteiger charge is -2.21. The van der Waals surface area contributed by atoms with Gasteiger partial charge < -0.3 is 0 Å². The number of hydrogen-bond donors (Lipinski definition) is 0. The SMILES string of the molecule is CCC1CCc2c(csc2C(C)=O)C1. The Bertz CT molecular complexity index is 351. The van der Waals surface area contributed by atoms with Crippen LogP contribution in [0.1, 0.15) is 47.5 Å². The van der Waals surface area contributed by atoms with E-state index in [9.17, 15) is 4.79 Å². The lowest BCUT2D eigenvalue weighted by Crippen LogP contribution is -2.13. The summed E-state index contributed by atoms with van der Waals surface area (Å²) >= 11 is 1.64. The zero-order valence-electron chi connectivity index (χ0n) is 8.80. The Morgan fingerprint density at radius 3 is 3.07 bits per heavy atom. The van der Waals surface area contributed by atoms with Gasteiger partial charge >= 0.3 is 0 Å². The Morgan fingerprint density at radius 1 is 1.64 bits per heavy atom. The minimum absolute atomic E-state index is 0.242. The molecule has 0 saturated heterocycles. The maximum absolute atomic E-state index is 11.3. The van der Waals surface area contributed by atoms with Crippen LogP contribution < -0.4 is 0 Å². The summed E-state index contributed by atoms with van der Waals surface area (Å²) in [7, 11) is 0. The monoisotopic (exact) mass is 208 g/mol. The highest BCUT2D eigenvalue weighted by Crippen LogP contribution is 2.33. The molecule has 0 aliphatic heterocycles. The summed E-state index contributed by atoms with van der Waals surface area (Å²) in [5.74, 6) is 1.09. The number of ketones is 1. The Hall–Kier alpha value is -0.630. The lowest BCUT2D eigenvalue weighted by atomic mass is 9.83. The fourth-order valence-electron chi connectivity index (χ4n) is 2.27. The van der Waals surface area contributed by atoms with Crippen molar-refractivity contribution in [1.82, 2.24) is 0 Å². The van der Waals surface area contributed by atoms with E-state index in [1.807, 2.05) is 0 Å². The van der Waals surface area contributed by atoms with Crippen molar-refractivity contribution in [3.63, 3.8) is 0 Å². The van der Waals surface area contributed by atoms with Crippen LogP contribution in [0.2, 0.25) is 0 Å². The van der Waals surface area contributed by atoms with Crippen molar-refractivity contribution >= 4 is 17.1 Å². The average molecular weight is 208 g/mol. The van der Waals surface area contributed by atoms with Crippen LogP contribution in [-0.4, -0.2) is 5.78 Å². The molecule has 0 aromatic carbocycles. The summed E-state index contributed by atoms with van der Waals surface area (Å²) < 4.78 is 0. The Morgan fingerprint density at radius 2 is 2.43 bits per heavy atom. The van der Waals surface area contributed by atoms with Crippen LogP contribution in [-0.2, 0) is 12.8 Å². The minimum atomic E-state index is 0.242. The largest absolute Gasteiger partial charge is 0.294 e. The molecule has 1 aliphatic carbocycles. The van der Waals surface area contributed by atoms with E-state index in [4.69, 9.17) is 0 Å². The maximum Gasteiger partial charge on any atom is 0.169 e. The number of hydrogen-bond acceptors (Lipinski definition) is 2. The van der Waals surface area contributed by atoms with Crippen molar-refractivity contribution in [3.05, 3.63) is 21.4 Å². The number of Topliss-reactive ketones (excluding diaryl/α,β-unsaturated/α-hetero) is 1. The molecule has 1 nitrogen and oxygen atoms in total. The van der Waals surface area contributed by atoms with E-state index in [2.05, 4.69) is 12.3 Å². The van der Waals surface area contributed by atoms with Gasteiger partial charge in [0.2, 0.25) is 0 Å². The molecule has 1 aromatic rings. The number of fused-ring (bicyclic) bond motifs is 1. The molecule has 1 aliphatic rings. The van der Waals surface area contributed by atoms with Gasteiger partial charge in [-0.3, -0.25) is 4.79 Å². The van der Waals surface area contributed by atoms with Gasteiger partial charge in [-0.15, -0.1) is 11.3 Å². The summed E-state index contributed by atoms with van der Waals surface area (Å²) in [6, 6.07) is 0. The third-order valence-electron chi connectivity index (χ3n) is 3.19. The molecule has 1 unspecified atom stereocenters. The highest BCUT2D eigenvalue weighted by molar-refractivity contribution is 7.12. The number of carbonyl (C=O) groups is 1. The topological polar surface area (TPSA) is 17.1 Å². The van der Waals surface area contributed by atoms with Gasteiger partial charge in [-0.1, -0.05) is 13.3 Å². The van der Waals surface area contributed by atoms with E-state index in [0.717, 1.165) is 17.2 Å². The van der Waals surface area contributed by atoms with Crippen LogP contribution in [0.5, 0.6) is 0 Å². The molecule has 0 saturated carbocycles. The minimum Gasteiger partial charge on any atom is -0.294 e. The van der Waals surface area contributed by atoms with Crippen LogP contribution in [0.25, 0.3) is 0 Å². The second-order valence-corrected chi connectivity index (χ2v) is 5.02. The number of rotatable bonds is 2. The lowest BCUT2D eigenvalue weighted by molar-refractivity contribution is 0.102. The van der Waals surface area contributed by atoms with E-state index in [1.54, 1.807) is 18.3 Å². The van der Waals surface area contributed by atoms with Gasteiger partial charge in [0.15, 0.2) is 5.78 Å². The molecule has 0 radical (unpaired) electrons. The van der Waals surface area contributed by atoms with E-state index in [0.29, 0.717) is 0 Å². The maximum atomic E-state index is 11.3. The summed E-state index contributed by atoms with van der Waals surface area (Å²) in [5.41, 5.74) is 2.80. The summed E-state index contributed by atoms with van der Waals surface area (Å²) in [5, 5.41) is 2.19. The first-order chi connectivity index (χ1) is 6.72. The van der Waals surface area contributed by atoms with Crippen LogP contribution in [0, 0.1) is 5.92 Å². The average Bonchev–Trinajstić information content (AvgIpc) is 2.59. The zero-order chi connectivity index (χ0) is 10.1. The highest BCUT2D eigenvalue weighted by Gasteiger charge is 2.22. The smallest absolute Gasteiger partial charge is 0.169 e. The second-order valence-electron chi connectivity index (χ2n) is 4.14. The van der Waals surface area contributed by atoms with E-state index in [-0.39, 0.29) is 5.78 Å². The van der Waals surface area contributed by atoms with Gasteiger partial charge in [-0.05, 0) is 48.6 Å². The van der Waals surface area contributed by atoms with Gasteiger partial charge in [0.05, 0.1) is 4.88 Å². The van der Waals surface area contributed by atoms with E-state index < -0.39 is 0 Å². The van der Waals surface area contributed by atoms with Crippen molar-refractivity contribution in [3.8, 4) is 0 Å². The molecule has 1 atom stereocenters. The van der Waals surface area contributed by atoms with Gasteiger partial charge in [0.25, 0.3) is 0 Å². The van der Waals surface area contributed by atoms with Crippen molar-refractivity contribution in [2.75, 3.05) is 0 Å². The summed E-state index contributed by atoms with van der Waals surface area (Å²) in [4.78, 5) is 12.3. The van der Waals surface area contributed by atoms with E-state index in [1.165, 1.54) is 30.4 Å². The van der Waals surface area contributed by atoms with Crippen LogP contribution >= 0.6 is 11.3 Å². The summed E-state index contributed by atoms with van der Waals surface area (Å²) in [6.45, 7) is 3.94. The first kappa shape index (κ1) is 9.91. The predicted octanol–water partition coefficient (Wildman–Crippen LogP) is 3.47. The van der Waals surface area contributed by atoms with Crippen molar-refractivity contribution in [1.29, 1.82) is 0 Å². The molecule has 0 spiro atoms. The molecule has 2 rings (SSSR count). The first-order valence-electron chi connectivity index (χ1n) is 5.32. The van der Waals surface area contributed by atoms with Gasteiger partial charge in [0, 0.05) is 0 Å². The fourth-order valence-corrected chi connectivity index (χ4v) is 3.31. The second kappa shape index (κ2) is 3.85. The zero-order valence-corrected chi connectivity index (χ0v) is 9.62. The first-order valence-corrected chi connectivity index (χ1v) is 6.20. The molecule has 2 heteroatoms. The molecular weight excluding hydrogens is 192 g/mol. The molecule has 76 valence electrons. The Labute approximate surface area is 89.1 Å². The van der Waals surface area contributed by atoms with Gasteiger partial charge in [-0.25, -0.2) is 0 Å². The molecule has 0 amide bonds. The Kier molecular flexibility index (Phi) is 2.73. The molecule has 1 aromatic heterocycles. The third kappa shape index (κ3) is 1.63. The molecule has 0 fully saturated rings. The summed E-state index contributed by atoms with van der Waals surface area (Å²) in [6.07, 6.45) is 4.84. The van der Waals surface area contributed by atoms with Crippen molar-refractivity contribution in [2.24, 2.45) is 5.92 Å². The highest BCUT2D eigenvalue weighted by atomic mass is 32.1. The third-order valence-corrected chi connectivity index (χ3v) is 4.36. The molecule has 1 heterocycles. The Balaban J connectivity index is 2.29. The number of carbonyl (C=O) groups excluding carboxylic acids is 1. The van der Waals surface area contributed by atoms with Crippen LogP contribution in [0.15, 0.2) is 5.38 Å². The fraction of sp³-hybridized carbons (Fsp3) is 0.583. The van der Waals surface area contributed by atoms with Crippen LogP contribution in [0.3, 0.4) is 0 Å².